The summed E-state index contributed by atoms with van der Waals surface area (Å²) in [6, 6.07) is 4.05. The molecule has 2 heterocycles. The van der Waals surface area contributed by atoms with Crippen LogP contribution in [0.2, 0.25) is 0 Å². The average molecular weight is 235 g/mol. The summed E-state index contributed by atoms with van der Waals surface area (Å²) in [6.45, 7) is 8.58. The van der Waals surface area contributed by atoms with Gasteiger partial charge >= 0.3 is 0 Å². The summed E-state index contributed by atoms with van der Waals surface area (Å²) in [5.74, 6) is 0. The predicted octanol–water partition coefficient (Wildman–Crippen LogP) is 1.54. The van der Waals surface area contributed by atoms with Crippen molar-refractivity contribution in [2.75, 3.05) is 18.0 Å². The molecule has 0 aliphatic carbocycles. The normalized spacial score (nSPS) is 23.8. The van der Waals surface area contributed by atoms with Gasteiger partial charge in [-0.15, -0.1) is 0 Å². The summed E-state index contributed by atoms with van der Waals surface area (Å²) in [5, 5.41) is 0. The minimum absolute atomic E-state index is 0.126. The Morgan fingerprint density at radius 2 is 2.35 bits per heavy atom. The van der Waals surface area contributed by atoms with Gasteiger partial charge in [-0.25, -0.2) is 0 Å². The molecule has 1 atom stereocenters. The zero-order chi connectivity index (χ0) is 12.5. The third-order valence-electron chi connectivity index (χ3n) is 2.97. The molecule has 0 radical (unpaired) electrons. The lowest BCUT2D eigenvalue weighted by Gasteiger charge is -2.43. The Morgan fingerprint density at radius 3 is 3.00 bits per heavy atom. The van der Waals surface area contributed by atoms with Crippen molar-refractivity contribution in [2.45, 2.75) is 39.0 Å². The van der Waals surface area contributed by atoms with Crippen LogP contribution < -0.4 is 10.6 Å². The maximum Gasteiger partial charge on any atom is 0.0805 e. The lowest BCUT2D eigenvalue weighted by atomic mass is 10.0. The van der Waals surface area contributed by atoms with Gasteiger partial charge in [0.05, 0.1) is 23.1 Å². The van der Waals surface area contributed by atoms with Crippen molar-refractivity contribution >= 4 is 5.69 Å². The lowest BCUT2D eigenvalue weighted by molar-refractivity contribution is -0.0750. The quantitative estimate of drug-likeness (QED) is 0.845. The van der Waals surface area contributed by atoms with Gasteiger partial charge in [0.2, 0.25) is 0 Å². The fourth-order valence-corrected chi connectivity index (χ4v) is 2.51. The Hall–Kier alpha value is -1.13. The highest BCUT2D eigenvalue weighted by atomic mass is 16.5. The van der Waals surface area contributed by atoms with E-state index in [4.69, 9.17) is 10.5 Å². The monoisotopic (exact) mass is 235 g/mol. The van der Waals surface area contributed by atoms with Crippen molar-refractivity contribution in [1.29, 1.82) is 0 Å². The SMILES string of the molecule is CC1CN(c2cccnc2CN)CC(C)(C)O1. The Kier molecular flexibility index (Phi) is 3.35. The first-order chi connectivity index (χ1) is 8.02. The number of anilines is 1. The van der Waals surface area contributed by atoms with Crippen LogP contribution in [-0.2, 0) is 11.3 Å². The van der Waals surface area contributed by atoms with Gasteiger partial charge in [0.15, 0.2) is 0 Å². The molecular weight excluding hydrogens is 214 g/mol. The largest absolute Gasteiger partial charge is 0.369 e. The number of pyridine rings is 1. The maximum atomic E-state index is 5.91. The van der Waals surface area contributed by atoms with Crippen LogP contribution in [0.1, 0.15) is 26.5 Å². The summed E-state index contributed by atoms with van der Waals surface area (Å²) in [5.41, 5.74) is 7.71. The lowest BCUT2D eigenvalue weighted by Crippen LogP contribution is -2.52. The number of rotatable bonds is 2. The van der Waals surface area contributed by atoms with Gasteiger partial charge in [-0.1, -0.05) is 0 Å². The van der Waals surface area contributed by atoms with Crippen LogP contribution in [0.4, 0.5) is 5.69 Å². The first-order valence-electron chi connectivity index (χ1n) is 6.08. The second-order valence-electron chi connectivity index (χ2n) is 5.24. The molecule has 1 fully saturated rings. The summed E-state index contributed by atoms with van der Waals surface area (Å²) >= 11 is 0. The van der Waals surface area contributed by atoms with Crippen molar-refractivity contribution in [3.8, 4) is 0 Å². The Morgan fingerprint density at radius 1 is 1.59 bits per heavy atom. The highest BCUT2D eigenvalue weighted by Gasteiger charge is 2.32. The molecule has 94 valence electrons. The van der Waals surface area contributed by atoms with Crippen LogP contribution in [0, 0.1) is 0 Å². The third-order valence-corrected chi connectivity index (χ3v) is 2.97. The average Bonchev–Trinajstić information content (AvgIpc) is 2.26. The van der Waals surface area contributed by atoms with Crippen LogP contribution >= 0.6 is 0 Å². The first kappa shape index (κ1) is 12.3. The highest BCUT2D eigenvalue weighted by Crippen LogP contribution is 2.27. The van der Waals surface area contributed by atoms with Gasteiger partial charge in [0.25, 0.3) is 0 Å². The summed E-state index contributed by atoms with van der Waals surface area (Å²) in [7, 11) is 0. The van der Waals surface area contributed by atoms with Gasteiger partial charge in [0, 0.05) is 25.8 Å². The Labute approximate surface area is 103 Å². The third kappa shape index (κ3) is 2.76. The molecule has 0 aromatic carbocycles. The molecule has 1 aromatic rings. The maximum absolute atomic E-state index is 5.91. The first-order valence-corrected chi connectivity index (χ1v) is 6.08. The Balaban J connectivity index is 2.27. The Bertz CT molecular complexity index is 392. The molecule has 1 unspecified atom stereocenters. The standard InChI is InChI=1S/C13H21N3O/c1-10-8-16(9-13(2,3)17-10)12-5-4-6-15-11(12)7-14/h4-6,10H,7-9,14H2,1-3H3. The second kappa shape index (κ2) is 4.63. The van der Waals surface area contributed by atoms with Gasteiger partial charge in [-0.05, 0) is 32.9 Å². The van der Waals surface area contributed by atoms with Crippen molar-refractivity contribution in [3.05, 3.63) is 24.0 Å². The molecule has 1 aliphatic heterocycles. The van der Waals surface area contributed by atoms with Gasteiger partial charge in [0.1, 0.15) is 0 Å². The fraction of sp³-hybridized carbons (Fsp3) is 0.615. The van der Waals surface area contributed by atoms with E-state index in [2.05, 4.69) is 36.7 Å². The molecule has 4 heteroatoms. The van der Waals surface area contributed by atoms with Crippen LogP contribution in [0.3, 0.4) is 0 Å². The van der Waals surface area contributed by atoms with E-state index in [0.29, 0.717) is 6.54 Å². The van der Waals surface area contributed by atoms with E-state index in [1.54, 1.807) is 6.20 Å². The van der Waals surface area contributed by atoms with E-state index in [1.807, 2.05) is 6.07 Å². The van der Waals surface area contributed by atoms with E-state index in [9.17, 15) is 0 Å². The van der Waals surface area contributed by atoms with Crippen molar-refractivity contribution in [2.24, 2.45) is 5.73 Å². The number of ether oxygens (including phenoxy) is 1. The van der Waals surface area contributed by atoms with E-state index in [1.165, 1.54) is 0 Å². The molecule has 1 aromatic heterocycles. The number of aromatic nitrogens is 1. The number of nitrogens with zero attached hydrogens (tertiary/aromatic N) is 2. The second-order valence-corrected chi connectivity index (χ2v) is 5.24. The van der Waals surface area contributed by atoms with Gasteiger partial charge in [-0.3, -0.25) is 4.98 Å². The number of hydrogen-bond acceptors (Lipinski definition) is 4. The topological polar surface area (TPSA) is 51.4 Å². The zero-order valence-electron chi connectivity index (χ0n) is 10.8. The minimum Gasteiger partial charge on any atom is -0.369 e. The van der Waals surface area contributed by atoms with Gasteiger partial charge < -0.3 is 15.4 Å². The van der Waals surface area contributed by atoms with Crippen LogP contribution in [0.15, 0.2) is 18.3 Å². The smallest absolute Gasteiger partial charge is 0.0805 e. The molecule has 2 N–H and O–H groups in total. The molecule has 0 amide bonds. The molecule has 2 rings (SSSR count). The van der Waals surface area contributed by atoms with Crippen LogP contribution in [-0.4, -0.2) is 29.8 Å². The van der Waals surface area contributed by atoms with Crippen LogP contribution in [0.5, 0.6) is 0 Å². The van der Waals surface area contributed by atoms with E-state index in [0.717, 1.165) is 24.5 Å². The zero-order valence-corrected chi connectivity index (χ0v) is 10.8. The van der Waals surface area contributed by atoms with E-state index in [-0.39, 0.29) is 11.7 Å². The van der Waals surface area contributed by atoms with Gasteiger partial charge in [-0.2, -0.15) is 0 Å². The molecule has 1 saturated heterocycles. The summed E-state index contributed by atoms with van der Waals surface area (Å²) in [4.78, 5) is 6.66. The van der Waals surface area contributed by atoms with Crippen molar-refractivity contribution < 1.29 is 4.74 Å². The van der Waals surface area contributed by atoms with Crippen LogP contribution in [0.25, 0.3) is 0 Å². The molecule has 0 bridgehead atoms. The highest BCUT2D eigenvalue weighted by molar-refractivity contribution is 5.51. The molecule has 1 aliphatic rings. The predicted molar refractivity (Wildman–Crippen MR) is 69.0 cm³/mol. The number of hydrogen-bond donors (Lipinski definition) is 1. The minimum atomic E-state index is -0.126. The molecule has 0 saturated carbocycles. The summed E-state index contributed by atoms with van der Waals surface area (Å²) in [6.07, 6.45) is 2.02. The van der Waals surface area contributed by atoms with E-state index >= 15 is 0 Å². The molecule has 0 spiro atoms. The number of nitrogens with two attached hydrogens (primary N) is 1. The summed E-state index contributed by atoms with van der Waals surface area (Å²) < 4.78 is 5.91. The van der Waals surface area contributed by atoms with Crippen molar-refractivity contribution in [1.82, 2.24) is 4.98 Å². The molecular formula is C13H21N3O. The number of morpholine rings is 1. The molecule has 17 heavy (non-hydrogen) atoms. The van der Waals surface area contributed by atoms with E-state index < -0.39 is 0 Å². The molecule has 4 nitrogen and oxygen atoms in total. The van der Waals surface area contributed by atoms with Crippen molar-refractivity contribution in [3.63, 3.8) is 0 Å². The fourth-order valence-electron chi connectivity index (χ4n) is 2.51.